The van der Waals surface area contributed by atoms with Crippen LogP contribution in [0.3, 0.4) is 0 Å². The topological polar surface area (TPSA) is 307 Å². The zero-order valence-corrected chi connectivity index (χ0v) is 36.4. The number of aliphatic hydroxyl groups excluding tert-OH is 11. The second kappa shape index (κ2) is 18.0. The fraction of sp³-hybridized carbons (Fsp3) is 0.909. The number of allylic oxidation sites excluding steroid dienone is 1. The summed E-state index contributed by atoms with van der Waals surface area (Å²) in [6.45, 7) is 10.8. The van der Waals surface area contributed by atoms with Gasteiger partial charge >= 0.3 is 0 Å². The molecule has 7 fully saturated rings. The fourth-order valence-corrected chi connectivity index (χ4v) is 13.3. The average Bonchev–Trinajstić information content (AvgIpc) is 3.67. The lowest BCUT2D eigenvalue weighted by Crippen LogP contribution is -2.64. The van der Waals surface area contributed by atoms with Gasteiger partial charge in [-0.1, -0.05) is 44.6 Å². The lowest BCUT2D eigenvalue weighted by molar-refractivity contribution is -0.363. The van der Waals surface area contributed by atoms with Crippen LogP contribution >= 0.6 is 0 Å². The van der Waals surface area contributed by atoms with Crippen LogP contribution in [0.1, 0.15) is 72.6 Å². The van der Waals surface area contributed by atoms with Gasteiger partial charge in [0.1, 0.15) is 61.0 Å². The van der Waals surface area contributed by atoms with Crippen LogP contribution < -0.4 is 0 Å². The van der Waals surface area contributed by atoms with Crippen molar-refractivity contribution in [3.63, 3.8) is 0 Å². The molecular weight excluding hydrogens is 832 g/mol. The van der Waals surface area contributed by atoms with Crippen molar-refractivity contribution in [3.05, 3.63) is 23.8 Å². The lowest BCUT2D eigenvalue weighted by Gasteiger charge is -2.62. The quantitative estimate of drug-likeness (QED) is 0.0968. The summed E-state index contributed by atoms with van der Waals surface area (Å²) in [6, 6.07) is 0. The Labute approximate surface area is 366 Å². The Morgan fingerprint density at radius 2 is 1.51 bits per heavy atom. The maximum absolute atomic E-state index is 12.5. The van der Waals surface area contributed by atoms with E-state index >= 15 is 0 Å². The van der Waals surface area contributed by atoms with Crippen molar-refractivity contribution in [3.8, 4) is 0 Å². The van der Waals surface area contributed by atoms with E-state index in [9.17, 15) is 61.3 Å². The van der Waals surface area contributed by atoms with Gasteiger partial charge in [0, 0.05) is 24.2 Å². The zero-order chi connectivity index (χ0) is 45.7. The molecule has 8 rings (SSSR count). The Hall–Kier alpha value is -1.28. The van der Waals surface area contributed by atoms with E-state index in [-0.39, 0.29) is 61.7 Å². The highest BCUT2D eigenvalue weighted by Gasteiger charge is 2.70. The van der Waals surface area contributed by atoms with Crippen molar-refractivity contribution in [2.45, 2.75) is 189 Å². The number of aliphatic hydroxyl groups is 12. The predicted molar refractivity (Wildman–Crippen MR) is 214 cm³/mol. The molecule has 19 nitrogen and oxygen atoms in total. The summed E-state index contributed by atoms with van der Waals surface area (Å²) < 4.78 is 42.0. The highest BCUT2D eigenvalue weighted by Crippen LogP contribution is 2.70. The standard InChI is InChI=1S/C44H70O19/c1-17(15-57-39-36(54)35(53)33(51)27(14-45)60-39)8-9-44(56)18(2)29-26(63-44)12-23-22-7-6-20-10-21(46)11-28(43(20,5)30(22)24(47)13-42(23,29)4)61-41-38(32(50)25(48)16-58-41)62-40-37(55)34(52)31(49)19(3)59-40/h6,18-19,21-41,45-56H,1,7-16H2,2-5H3/t18-,19-,21+,22-,23-,24+,25-,26-,27+,28+,29-,30+,31-,32-,33+,34+,35-,36+,37+,38+,39+,40+,41+,42-,43+,44+/m0/s1. The van der Waals surface area contributed by atoms with E-state index in [1.807, 2.05) is 13.8 Å². The van der Waals surface area contributed by atoms with Gasteiger partial charge in [-0.25, -0.2) is 0 Å². The summed E-state index contributed by atoms with van der Waals surface area (Å²) in [7, 11) is 0. The largest absolute Gasteiger partial charge is 0.394 e. The third-order valence-electron chi connectivity index (χ3n) is 16.7. The minimum absolute atomic E-state index is 0.0328. The average molecular weight is 903 g/mol. The van der Waals surface area contributed by atoms with Gasteiger partial charge in [0.05, 0.1) is 50.3 Å². The van der Waals surface area contributed by atoms with E-state index in [0.717, 1.165) is 5.57 Å². The number of rotatable bonds is 11. The monoisotopic (exact) mass is 902 g/mol. The van der Waals surface area contributed by atoms with Crippen molar-refractivity contribution in [1.82, 2.24) is 0 Å². The number of hydrogen-bond donors (Lipinski definition) is 12. The molecule has 0 radical (unpaired) electrons. The fourth-order valence-electron chi connectivity index (χ4n) is 13.3. The van der Waals surface area contributed by atoms with E-state index in [4.69, 9.17) is 33.2 Å². The summed E-state index contributed by atoms with van der Waals surface area (Å²) in [4.78, 5) is 0. The Kier molecular flexibility index (Phi) is 13.8. The number of fused-ring (bicyclic) bond motifs is 7. The van der Waals surface area contributed by atoms with E-state index < -0.39 is 128 Å². The molecule has 0 bridgehead atoms. The van der Waals surface area contributed by atoms with Crippen molar-refractivity contribution in [2.75, 3.05) is 19.8 Å². The van der Waals surface area contributed by atoms with Crippen LogP contribution in [-0.4, -0.2) is 197 Å². The van der Waals surface area contributed by atoms with Gasteiger partial charge in [0.2, 0.25) is 0 Å². The van der Waals surface area contributed by atoms with Crippen molar-refractivity contribution in [2.24, 2.45) is 40.4 Å². The van der Waals surface area contributed by atoms with Crippen LogP contribution in [-0.2, 0) is 33.2 Å². The van der Waals surface area contributed by atoms with Crippen LogP contribution in [0, 0.1) is 40.4 Å². The molecule has 0 amide bonds. The van der Waals surface area contributed by atoms with Crippen molar-refractivity contribution < 1.29 is 94.4 Å². The molecule has 0 unspecified atom stereocenters. The molecule has 4 saturated heterocycles. The van der Waals surface area contributed by atoms with Gasteiger partial charge in [-0.15, -0.1) is 0 Å². The molecule has 360 valence electrons. The Morgan fingerprint density at radius 1 is 0.810 bits per heavy atom. The van der Waals surface area contributed by atoms with E-state index in [1.165, 1.54) is 6.92 Å². The van der Waals surface area contributed by atoms with Crippen LogP contribution in [0.25, 0.3) is 0 Å². The van der Waals surface area contributed by atoms with E-state index in [2.05, 4.69) is 19.6 Å². The molecular formula is C44H70O19. The predicted octanol–water partition coefficient (Wildman–Crippen LogP) is -2.33. The number of hydrogen-bond acceptors (Lipinski definition) is 19. The summed E-state index contributed by atoms with van der Waals surface area (Å²) >= 11 is 0. The molecule has 0 spiro atoms. The molecule has 63 heavy (non-hydrogen) atoms. The zero-order valence-electron chi connectivity index (χ0n) is 36.4. The SMILES string of the molecule is C=C(CC[C@@]1(O)O[C@H]2C[C@H]3[C@@H]4CC=C5C[C@@H](O)C[C@@H](O[C@H]6OC[C@H](O)[C@H](O)[C@H]6O[C@H]6O[C@@H](C)[C@H](O)[C@@H](O)[C@H]6O)[C@]5(C)[C@H]4[C@H](O)C[C@]3(C)[C@H]2[C@@H]1C)CO[C@@H]1O[C@H](CO)[C@@H](O)[C@H](O)[C@H]1O. The molecule has 4 aliphatic carbocycles. The first-order valence-electron chi connectivity index (χ1n) is 22.7. The third kappa shape index (κ3) is 8.21. The second-order valence-corrected chi connectivity index (χ2v) is 20.4. The Balaban J connectivity index is 0.955. The molecule has 0 aromatic carbocycles. The first-order valence-corrected chi connectivity index (χ1v) is 22.7. The first kappa shape index (κ1) is 48.2. The van der Waals surface area contributed by atoms with Crippen LogP contribution in [0.2, 0.25) is 0 Å². The molecule has 19 heteroatoms. The highest BCUT2D eigenvalue weighted by atomic mass is 16.8. The molecule has 4 aliphatic heterocycles. The van der Waals surface area contributed by atoms with E-state index in [1.54, 1.807) is 0 Å². The van der Waals surface area contributed by atoms with Gasteiger partial charge in [-0.2, -0.15) is 0 Å². The maximum atomic E-state index is 12.5. The molecule has 0 aromatic rings. The summed E-state index contributed by atoms with van der Waals surface area (Å²) in [5, 5.41) is 129. The van der Waals surface area contributed by atoms with E-state index in [0.29, 0.717) is 37.7 Å². The summed E-state index contributed by atoms with van der Waals surface area (Å²) in [5.41, 5.74) is 0.257. The molecule has 8 aliphatic rings. The third-order valence-corrected chi connectivity index (χ3v) is 16.7. The van der Waals surface area contributed by atoms with Crippen molar-refractivity contribution >= 4 is 0 Å². The molecule has 0 aromatic heterocycles. The van der Waals surface area contributed by atoms with Crippen LogP contribution in [0.15, 0.2) is 23.8 Å². The molecule has 3 saturated carbocycles. The normalized spacial score (nSPS) is 55.6. The molecule has 26 atom stereocenters. The smallest absolute Gasteiger partial charge is 0.187 e. The minimum atomic E-state index is -1.70. The molecule has 4 heterocycles. The van der Waals surface area contributed by atoms with Crippen LogP contribution in [0.4, 0.5) is 0 Å². The molecule has 12 N–H and O–H groups in total. The van der Waals surface area contributed by atoms with Crippen LogP contribution in [0.5, 0.6) is 0 Å². The van der Waals surface area contributed by atoms with Crippen molar-refractivity contribution in [1.29, 1.82) is 0 Å². The minimum Gasteiger partial charge on any atom is -0.394 e. The van der Waals surface area contributed by atoms with Gasteiger partial charge in [0.15, 0.2) is 24.7 Å². The first-order chi connectivity index (χ1) is 29.6. The van der Waals surface area contributed by atoms with Gasteiger partial charge in [0.25, 0.3) is 0 Å². The Bertz CT molecular complexity index is 1670. The summed E-state index contributed by atoms with van der Waals surface area (Å²) in [6.07, 6.45) is -17.7. The van der Waals surface area contributed by atoms with Gasteiger partial charge in [-0.3, -0.25) is 0 Å². The number of ether oxygens (including phenoxy) is 7. The highest BCUT2D eigenvalue weighted by molar-refractivity contribution is 5.30. The lowest BCUT2D eigenvalue weighted by atomic mass is 9.45. The van der Waals surface area contributed by atoms with Gasteiger partial charge in [-0.05, 0) is 68.1 Å². The Morgan fingerprint density at radius 3 is 2.22 bits per heavy atom. The second-order valence-electron chi connectivity index (χ2n) is 20.4. The maximum Gasteiger partial charge on any atom is 0.187 e. The van der Waals surface area contributed by atoms with Gasteiger partial charge < -0.3 is 94.4 Å². The summed E-state index contributed by atoms with van der Waals surface area (Å²) in [5.74, 6) is -2.20.